The van der Waals surface area contributed by atoms with Gasteiger partial charge in [0, 0.05) is 24.1 Å². The number of aromatic nitrogens is 2. The first-order valence-electron chi connectivity index (χ1n) is 10.4. The minimum absolute atomic E-state index is 0.0323. The highest BCUT2D eigenvalue weighted by molar-refractivity contribution is 5.89. The Bertz CT molecular complexity index is 858. The average molecular weight is 409 g/mol. The van der Waals surface area contributed by atoms with Crippen molar-refractivity contribution >= 4 is 11.7 Å². The number of ether oxygens (including phenoxy) is 2. The molecule has 8 heteroatoms. The van der Waals surface area contributed by atoms with Crippen molar-refractivity contribution in [3.05, 3.63) is 42.4 Å². The van der Waals surface area contributed by atoms with Crippen LogP contribution in [0.3, 0.4) is 0 Å². The normalized spacial score (nSPS) is 18.1. The van der Waals surface area contributed by atoms with Gasteiger partial charge in [-0.05, 0) is 56.4 Å². The Balaban J connectivity index is 1.40. The molecule has 0 bridgehead atoms. The Morgan fingerprint density at radius 1 is 1.17 bits per heavy atom. The molecule has 30 heavy (non-hydrogen) atoms. The van der Waals surface area contributed by atoms with E-state index in [9.17, 15) is 4.79 Å². The molecule has 0 radical (unpaired) electrons. The Kier molecular flexibility index (Phi) is 7.84. The van der Waals surface area contributed by atoms with Crippen molar-refractivity contribution in [2.24, 2.45) is 0 Å². The summed E-state index contributed by atoms with van der Waals surface area (Å²) in [4.78, 5) is 20.3. The van der Waals surface area contributed by atoms with E-state index in [2.05, 4.69) is 27.5 Å². The summed E-state index contributed by atoms with van der Waals surface area (Å²) >= 11 is 0. The van der Waals surface area contributed by atoms with Crippen LogP contribution in [0.25, 0.3) is 0 Å². The fraction of sp³-hybridized carbons (Fsp3) is 0.455. The summed E-state index contributed by atoms with van der Waals surface area (Å²) in [6, 6.07) is 9.23. The topological polar surface area (TPSA) is 109 Å². The maximum atomic E-state index is 12.3. The summed E-state index contributed by atoms with van der Waals surface area (Å²) in [6.07, 6.45) is 8.20. The first-order chi connectivity index (χ1) is 14.7. The third-order valence-electron chi connectivity index (χ3n) is 4.94. The van der Waals surface area contributed by atoms with Crippen LogP contribution in [0.1, 0.15) is 51.1 Å². The van der Waals surface area contributed by atoms with Crippen molar-refractivity contribution in [2.75, 3.05) is 11.9 Å². The van der Waals surface area contributed by atoms with Crippen LogP contribution in [0.2, 0.25) is 0 Å². The molecule has 0 saturated heterocycles. The Morgan fingerprint density at radius 3 is 2.60 bits per heavy atom. The molecule has 1 fully saturated rings. The molecule has 1 heterocycles. The Morgan fingerprint density at radius 2 is 1.90 bits per heavy atom. The van der Waals surface area contributed by atoms with Gasteiger partial charge in [-0.15, -0.1) is 0 Å². The Labute approximate surface area is 176 Å². The maximum absolute atomic E-state index is 12.3. The van der Waals surface area contributed by atoms with E-state index in [4.69, 9.17) is 14.7 Å². The van der Waals surface area contributed by atoms with Crippen molar-refractivity contribution in [2.45, 2.75) is 57.6 Å². The van der Waals surface area contributed by atoms with Gasteiger partial charge in [0.15, 0.2) is 0 Å². The standard InChI is InChI=1S/C22H27N5O3/c1-2-3-14-29-18-8-4-16(5-9-18)26-22(28)27-17-6-10-19(11-7-17)30-21-20(15-23)24-12-13-25-21/h4-5,8-9,12-13,17,19H,2-3,6-7,10-11,14H2,1H3,(H2,26,27,28). The molecule has 158 valence electrons. The van der Waals surface area contributed by atoms with E-state index in [0.717, 1.165) is 50.0 Å². The summed E-state index contributed by atoms with van der Waals surface area (Å²) in [6.45, 7) is 2.82. The summed E-state index contributed by atoms with van der Waals surface area (Å²) in [5, 5.41) is 15.0. The minimum atomic E-state index is -0.222. The molecular formula is C22H27N5O3. The number of hydrogen-bond acceptors (Lipinski definition) is 6. The van der Waals surface area contributed by atoms with Gasteiger partial charge < -0.3 is 20.1 Å². The van der Waals surface area contributed by atoms with Crippen LogP contribution in [0.4, 0.5) is 10.5 Å². The van der Waals surface area contributed by atoms with Gasteiger partial charge in [-0.2, -0.15) is 5.26 Å². The number of urea groups is 1. The van der Waals surface area contributed by atoms with Crippen LogP contribution >= 0.6 is 0 Å². The highest BCUT2D eigenvalue weighted by Crippen LogP contribution is 2.24. The third-order valence-corrected chi connectivity index (χ3v) is 4.94. The fourth-order valence-corrected chi connectivity index (χ4v) is 3.29. The number of carbonyl (C=O) groups is 1. The van der Waals surface area contributed by atoms with Crippen molar-refractivity contribution < 1.29 is 14.3 Å². The zero-order valence-electron chi connectivity index (χ0n) is 17.1. The lowest BCUT2D eigenvalue weighted by Gasteiger charge is -2.29. The molecule has 1 aliphatic carbocycles. The maximum Gasteiger partial charge on any atom is 0.319 e. The van der Waals surface area contributed by atoms with Gasteiger partial charge in [-0.25, -0.2) is 14.8 Å². The van der Waals surface area contributed by atoms with Crippen LogP contribution < -0.4 is 20.1 Å². The van der Waals surface area contributed by atoms with E-state index in [1.165, 1.54) is 12.4 Å². The fourth-order valence-electron chi connectivity index (χ4n) is 3.29. The summed E-state index contributed by atoms with van der Waals surface area (Å²) in [5.74, 6) is 1.08. The van der Waals surface area contributed by atoms with Gasteiger partial charge in [0.05, 0.1) is 6.61 Å². The minimum Gasteiger partial charge on any atom is -0.494 e. The number of hydrogen-bond donors (Lipinski definition) is 2. The SMILES string of the molecule is CCCCOc1ccc(NC(=O)NC2CCC(Oc3nccnc3C#N)CC2)cc1. The largest absolute Gasteiger partial charge is 0.494 e. The van der Waals surface area contributed by atoms with Gasteiger partial charge in [0.25, 0.3) is 5.88 Å². The predicted octanol–water partition coefficient (Wildman–Crippen LogP) is 4.04. The quantitative estimate of drug-likeness (QED) is 0.637. The number of anilines is 1. The third kappa shape index (κ3) is 6.34. The van der Waals surface area contributed by atoms with Gasteiger partial charge in [0.1, 0.15) is 17.9 Å². The van der Waals surface area contributed by atoms with Crippen LogP contribution in [-0.4, -0.2) is 34.8 Å². The highest BCUT2D eigenvalue weighted by atomic mass is 16.5. The van der Waals surface area contributed by atoms with E-state index in [1.54, 1.807) is 0 Å². The number of benzene rings is 1. The lowest BCUT2D eigenvalue weighted by Crippen LogP contribution is -2.41. The molecule has 0 atom stereocenters. The van der Waals surface area contributed by atoms with E-state index in [0.29, 0.717) is 6.61 Å². The molecule has 2 aromatic rings. The number of unbranched alkanes of at least 4 members (excludes halogenated alkanes) is 1. The molecule has 1 aliphatic rings. The molecule has 8 nitrogen and oxygen atoms in total. The molecule has 0 spiro atoms. The first-order valence-corrected chi connectivity index (χ1v) is 10.4. The molecular weight excluding hydrogens is 382 g/mol. The number of nitriles is 1. The lowest BCUT2D eigenvalue weighted by molar-refractivity contribution is 0.134. The monoisotopic (exact) mass is 409 g/mol. The number of amides is 2. The van der Waals surface area contributed by atoms with Crippen molar-refractivity contribution in [3.63, 3.8) is 0 Å². The van der Waals surface area contributed by atoms with Gasteiger partial charge in [-0.3, -0.25) is 0 Å². The molecule has 2 N–H and O–H groups in total. The van der Waals surface area contributed by atoms with E-state index in [-0.39, 0.29) is 29.8 Å². The molecule has 1 saturated carbocycles. The van der Waals surface area contributed by atoms with E-state index < -0.39 is 0 Å². The predicted molar refractivity (Wildman–Crippen MR) is 112 cm³/mol. The van der Waals surface area contributed by atoms with Crippen LogP contribution in [0.15, 0.2) is 36.7 Å². The van der Waals surface area contributed by atoms with E-state index in [1.807, 2.05) is 30.3 Å². The summed E-state index contributed by atoms with van der Waals surface area (Å²) in [7, 11) is 0. The lowest BCUT2D eigenvalue weighted by atomic mass is 9.93. The smallest absolute Gasteiger partial charge is 0.319 e. The zero-order valence-corrected chi connectivity index (χ0v) is 17.1. The van der Waals surface area contributed by atoms with Crippen molar-refractivity contribution in [1.29, 1.82) is 5.26 Å². The van der Waals surface area contributed by atoms with E-state index >= 15 is 0 Å². The second kappa shape index (κ2) is 11.0. The molecule has 0 unspecified atom stereocenters. The number of rotatable bonds is 8. The second-order valence-corrected chi connectivity index (χ2v) is 7.24. The molecule has 0 aliphatic heterocycles. The number of carbonyl (C=O) groups excluding carboxylic acids is 1. The number of nitrogens with zero attached hydrogens (tertiary/aromatic N) is 3. The molecule has 1 aromatic carbocycles. The zero-order chi connectivity index (χ0) is 21.2. The molecule has 3 rings (SSSR count). The van der Waals surface area contributed by atoms with Crippen molar-refractivity contribution in [3.8, 4) is 17.7 Å². The second-order valence-electron chi connectivity index (χ2n) is 7.24. The van der Waals surface area contributed by atoms with Crippen LogP contribution in [0.5, 0.6) is 11.6 Å². The van der Waals surface area contributed by atoms with Crippen LogP contribution in [0, 0.1) is 11.3 Å². The first kappa shape index (κ1) is 21.4. The number of nitrogens with one attached hydrogen (secondary N) is 2. The summed E-state index contributed by atoms with van der Waals surface area (Å²) in [5.41, 5.74) is 0.915. The highest BCUT2D eigenvalue weighted by Gasteiger charge is 2.24. The Hall–Kier alpha value is -3.34. The van der Waals surface area contributed by atoms with Gasteiger partial charge in [-0.1, -0.05) is 13.3 Å². The van der Waals surface area contributed by atoms with Gasteiger partial charge in [0.2, 0.25) is 5.69 Å². The van der Waals surface area contributed by atoms with Gasteiger partial charge >= 0.3 is 6.03 Å². The average Bonchev–Trinajstić information content (AvgIpc) is 2.77. The molecule has 2 amide bonds. The van der Waals surface area contributed by atoms with Crippen molar-refractivity contribution in [1.82, 2.24) is 15.3 Å². The molecule has 1 aromatic heterocycles. The summed E-state index contributed by atoms with van der Waals surface area (Å²) < 4.78 is 11.5. The van der Waals surface area contributed by atoms with Crippen LogP contribution in [-0.2, 0) is 0 Å².